The molecule has 1 atom stereocenters. The van der Waals surface area contributed by atoms with Crippen molar-refractivity contribution < 1.29 is 19.6 Å². The van der Waals surface area contributed by atoms with Gasteiger partial charge in [-0.2, -0.15) is 0 Å². The molecule has 0 saturated heterocycles. The Hall–Kier alpha value is -2.38. The maximum atomic E-state index is 11.9. The van der Waals surface area contributed by atoms with E-state index in [-0.39, 0.29) is 11.5 Å². The Morgan fingerprint density at radius 2 is 2.16 bits per heavy atom. The molecule has 1 heterocycles. The molecular weight excluding hydrogens is 254 g/mol. The quantitative estimate of drug-likeness (QED) is 0.588. The molecule has 8 heteroatoms. The van der Waals surface area contributed by atoms with Crippen molar-refractivity contribution in [1.29, 1.82) is 0 Å². The summed E-state index contributed by atoms with van der Waals surface area (Å²) in [6, 6.07) is 1.49. The van der Waals surface area contributed by atoms with Gasteiger partial charge in [-0.25, -0.2) is 9.36 Å². The van der Waals surface area contributed by atoms with Crippen molar-refractivity contribution in [3.63, 3.8) is 0 Å². The van der Waals surface area contributed by atoms with E-state index in [1.807, 2.05) is 0 Å². The molecule has 1 aromatic rings. The normalized spacial score (nSPS) is 11.9. The van der Waals surface area contributed by atoms with Crippen LogP contribution in [0.3, 0.4) is 0 Å². The molecule has 1 rings (SSSR count). The lowest BCUT2D eigenvalue weighted by atomic mass is 10.1. The average molecular weight is 269 g/mol. The molecule has 2 N–H and O–H groups in total. The number of carboxylic acid groups (broad SMARTS) is 1. The molecule has 0 radical (unpaired) electrons. The van der Waals surface area contributed by atoms with Gasteiger partial charge in [0, 0.05) is 6.07 Å². The van der Waals surface area contributed by atoms with Gasteiger partial charge in [0.2, 0.25) is 0 Å². The Morgan fingerprint density at radius 3 is 2.58 bits per heavy atom. The number of carbonyl (C=O) groups excluding carboxylic acids is 1. The lowest BCUT2D eigenvalue weighted by Gasteiger charge is -2.12. The number of nitro groups is 1. The molecule has 19 heavy (non-hydrogen) atoms. The van der Waals surface area contributed by atoms with Crippen molar-refractivity contribution in [3.05, 3.63) is 27.9 Å². The Bertz CT molecular complexity index is 508. The van der Waals surface area contributed by atoms with E-state index in [0.717, 1.165) is 4.57 Å². The summed E-state index contributed by atoms with van der Waals surface area (Å²) in [7, 11) is 1.38. The van der Waals surface area contributed by atoms with Gasteiger partial charge in [-0.15, -0.1) is 0 Å². The van der Waals surface area contributed by atoms with Crippen LogP contribution in [0.1, 0.15) is 30.3 Å². The minimum atomic E-state index is -1.13. The van der Waals surface area contributed by atoms with Crippen molar-refractivity contribution >= 4 is 17.7 Å². The Labute approximate surface area is 109 Å². The number of aromatic nitrogens is 1. The zero-order valence-electron chi connectivity index (χ0n) is 10.6. The molecule has 0 aromatic carbocycles. The monoisotopic (exact) mass is 269 g/mol. The summed E-state index contributed by atoms with van der Waals surface area (Å²) < 4.78 is 1.11. The number of aliphatic carboxylic acids is 1. The summed E-state index contributed by atoms with van der Waals surface area (Å²) in [4.78, 5) is 32.8. The molecule has 1 amide bonds. The number of carbonyl (C=O) groups is 2. The predicted octanol–water partition coefficient (Wildman–Crippen LogP) is 0.916. The van der Waals surface area contributed by atoms with Gasteiger partial charge in [0.05, 0.1) is 7.05 Å². The minimum absolute atomic E-state index is 0.0500. The first-order valence-corrected chi connectivity index (χ1v) is 5.72. The van der Waals surface area contributed by atoms with Crippen molar-refractivity contribution in [3.8, 4) is 0 Å². The fourth-order valence-corrected chi connectivity index (χ4v) is 1.69. The molecule has 1 aromatic heterocycles. The smallest absolute Gasteiger partial charge is 0.326 e. The standard InChI is InChI=1S/C11H15N3O5/c1-3-4-7(11(16)17)12-10(15)8-5-6-9(13(8)2)14(18)19/h5-7H,3-4H2,1-2H3,(H,12,15)(H,16,17)/t7-/m1/s1. The van der Waals surface area contributed by atoms with Crippen LogP contribution in [0.4, 0.5) is 5.82 Å². The van der Waals surface area contributed by atoms with Crippen LogP contribution in [0.25, 0.3) is 0 Å². The zero-order valence-corrected chi connectivity index (χ0v) is 10.6. The van der Waals surface area contributed by atoms with Crippen molar-refractivity contribution in [2.24, 2.45) is 7.05 Å². The molecule has 0 saturated carbocycles. The summed E-state index contributed by atoms with van der Waals surface area (Å²) in [5.41, 5.74) is 0.0500. The molecule has 0 bridgehead atoms. The maximum Gasteiger partial charge on any atom is 0.326 e. The second kappa shape index (κ2) is 5.98. The van der Waals surface area contributed by atoms with Crippen LogP contribution < -0.4 is 5.32 Å². The van der Waals surface area contributed by atoms with E-state index in [1.54, 1.807) is 6.92 Å². The van der Waals surface area contributed by atoms with E-state index in [1.165, 1.54) is 19.2 Å². The van der Waals surface area contributed by atoms with Crippen molar-refractivity contribution in [2.45, 2.75) is 25.8 Å². The summed E-state index contributed by atoms with van der Waals surface area (Å²) in [6.07, 6.45) is 0.901. The first kappa shape index (κ1) is 14.7. The molecule has 0 unspecified atom stereocenters. The molecular formula is C11H15N3O5. The number of nitrogens with one attached hydrogen (secondary N) is 1. The lowest BCUT2D eigenvalue weighted by molar-refractivity contribution is -0.391. The SMILES string of the molecule is CCC[C@@H](NC(=O)c1ccc([N+](=O)[O-])n1C)C(=O)O. The number of nitrogens with zero attached hydrogens (tertiary/aromatic N) is 2. The number of hydrogen-bond acceptors (Lipinski definition) is 4. The Morgan fingerprint density at radius 1 is 1.53 bits per heavy atom. The van der Waals surface area contributed by atoms with Crippen LogP contribution in [0.15, 0.2) is 12.1 Å². The third-order valence-corrected chi connectivity index (χ3v) is 2.70. The highest BCUT2D eigenvalue weighted by Crippen LogP contribution is 2.15. The second-order valence-electron chi connectivity index (χ2n) is 4.05. The van der Waals surface area contributed by atoms with Crippen molar-refractivity contribution in [1.82, 2.24) is 9.88 Å². The van der Waals surface area contributed by atoms with Gasteiger partial charge in [0.15, 0.2) is 5.69 Å². The number of rotatable bonds is 6. The molecule has 0 aliphatic carbocycles. The second-order valence-corrected chi connectivity index (χ2v) is 4.05. The van der Waals surface area contributed by atoms with Crippen LogP contribution in [-0.4, -0.2) is 32.5 Å². The van der Waals surface area contributed by atoms with Gasteiger partial charge in [0.25, 0.3) is 5.91 Å². The first-order valence-electron chi connectivity index (χ1n) is 5.72. The molecule has 0 fully saturated rings. The highest BCUT2D eigenvalue weighted by molar-refractivity contribution is 5.95. The fourth-order valence-electron chi connectivity index (χ4n) is 1.69. The summed E-state index contributed by atoms with van der Waals surface area (Å²) in [6.45, 7) is 1.80. The highest BCUT2D eigenvalue weighted by atomic mass is 16.6. The number of carboxylic acids is 1. The van der Waals surface area contributed by atoms with E-state index >= 15 is 0 Å². The van der Waals surface area contributed by atoms with E-state index in [4.69, 9.17) is 5.11 Å². The minimum Gasteiger partial charge on any atom is -0.480 e. The van der Waals surface area contributed by atoms with Gasteiger partial charge < -0.3 is 20.5 Å². The topological polar surface area (TPSA) is 114 Å². The molecule has 0 spiro atoms. The zero-order chi connectivity index (χ0) is 14.6. The van der Waals surface area contributed by atoms with Crippen LogP contribution in [0.2, 0.25) is 0 Å². The Kier molecular flexibility index (Phi) is 4.62. The number of amides is 1. The largest absolute Gasteiger partial charge is 0.480 e. The molecule has 104 valence electrons. The highest BCUT2D eigenvalue weighted by Gasteiger charge is 2.25. The average Bonchev–Trinajstić information content (AvgIpc) is 2.70. The maximum absolute atomic E-state index is 11.9. The van der Waals surface area contributed by atoms with Gasteiger partial charge in [0.1, 0.15) is 6.04 Å². The Balaban J connectivity index is 2.89. The van der Waals surface area contributed by atoms with E-state index in [0.29, 0.717) is 12.8 Å². The van der Waals surface area contributed by atoms with Crippen LogP contribution in [0.5, 0.6) is 0 Å². The van der Waals surface area contributed by atoms with Gasteiger partial charge in [-0.05, 0) is 17.4 Å². The van der Waals surface area contributed by atoms with E-state index in [2.05, 4.69) is 5.32 Å². The molecule has 0 aliphatic heterocycles. The molecule has 0 aliphatic rings. The van der Waals surface area contributed by atoms with E-state index < -0.39 is 22.8 Å². The third kappa shape index (κ3) is 3.30. The van der Waals surface area contributed by atoms with Crippen LogP contribution in [0, 0.1) is 10.1 Å². The van der Waals surface area contributed by atoms with Crippen molar-refractivity contribution in [2.75, 3.05) is 0 Å². The third-order valence-electron chi connectivity index (χ3n) is 2.70. The fraction of sp³-hybridized carbons (Fsp3) is 0.455. The summed E-state index contributed by atoms with van der Waals surface area (Å²) in [5, 5.41) is 21.9. The summed E-state index contributed by atoms with van der Waals surface area (Å²) in [5.74, 6) is -2.00. The lowest BCUT2D eigenvalue weighted by Crippen LogP contribution is -2.41. The first-order chi connectivity index (χ1) is 8.88. The van der Waals surface area contributed by atoms with Crippen LogP contribution >= 0.6 is 0 Å². The van der Waals surface area contributed by atoms with Crippen LogP contribution in [-0.2, 0) is 11.8 Å². The summed E-state index contributed by atoms with van der Waals surface area (Å²) >= 11 is 0. The predicted molar refractivity (Wildman–Crippen MR) is 65.9 cm³/mol. The molecule has 8 nitrogen and oxygen atoms in total. The van der Waals surface area contributed by atoms with Gasteiger partial charge in [-0.3, -0.25) is 4.79 Å². The van der Waals surface area contributed by atoms with Gasteiger partial charge >= 0.3 is 11.8 Å². The van der Waals surface area contributed by atoms with E-state index in [9.17, 15) is 19.7 Å². The number of hydrogen-bond donors (Lipinski definition) is 2. The van der Waals surface area contributed by atoms with Gasteiger partial charge in [-0.1, -0.05) is 13.3 Å².